The molecule has 2 aromatic rings. The Morgan fingerprint density at radius 1 is 1.35 bits per heavy atom. The van der Waals surface area contributed by atoms with Gasteiger partial charge in [-0.25, -0.2) is 4.98 Å². The van der Waals surface area contributed by atoms with E-state index in [1.54, 1.807) is 0 Å². The van der Waals surface area contributed by atoms with E-state index in [1.807, 2.05) is 11.3 Å². The van der Waals surface area contributed by atoms with Crippen LogP contribution in [0.3, 0.4) is 0 Å². The Morgan fingerprint density at radius 3 is 2.88 bits per heavy atom. The van der Waals surface area contributed by atoms with E-state index >= 15 is 0 Å². The van der Waals surface area contributed by atoms with Gasteiger partial charge in [0.15, 0.2) is 0 Å². The summed E-state index contributed by atoms with van der Waals surface area (Å²) < 4.78 is 1.31. The molecule has 0 amide bonds. The van der Waals surface area contributed by atoms with Gasteiger partial charge in [-0.2, -0.15) is 0 Å². The fourth-order valence-corrected chi connectivity index (χ4v) is 2.75. The van der Waals surface area contributed by atoms with Crippen LogP contribution in [0.5, 0.6) is 0 Å². The molecule has 1 N–H and O–H groups in total. The highest BCUT2D eigenvalue weighted by molar-refractivity contribution is 7.18. The summed E-state index contributed by atoms with van der Waals surface area (Å²) >= 11 is 1.82. The highest BCUT2D eigenvalue weighted by Crippen LogP contribution is 2.27. The van der Waals surface area contributed by atoms with Crippen molar-refractivity contribution in [1.82, 2.24) is 10.3 Å². The van der Waals surface area contributed by atoms with Crippen molar-refractivity contribution in [3.8, 4) is 0 Å². The lowest BCUT2D eigenvalue weighted by molar-refractivity contribution is 0.717. The highest BCUT2D eigenvalue weighted by atomic mass is 32.1. The molecule has 3 heteroatoms. The van der Waals surface area contributed by atoms with Gasteiger partial charge in [0.05, 0.1) is 15.2 Å². The van der Waals surface area contributed by atoms with Crippen LogP contribution >= 0.6 is 11.3 Å². The van der Waals surface area contributed by atoms with E-state index in [-0.39, 0.29) is 0 Å². The third kappa shape index (κ3) is 3.05. The number of nitrogens with one attached hydrogen (secondary N) is 1. The van der Waals surface area contributed by atoms with Gasteiger partial charge in [-0.3, -0.25) is 0 Å². The number of hydrogen-bond acceptors (Lipinski definition) is 3. The molecule has 0 saturated heterocycles. The SMILES string of the molecule is CCNCCc1ccc2sc(C(C)C)nc2c1. The molecule has 1 aromatic heterocycles. The topological polar surface area (TPSA) is 24.9 Å². The number of fused-ring (bicyclic) bond motifs is 1. The number of rotatable bonds is 5. The molecule has 0 unspecified atom stereocenters. The minimum atomic E-state index is 0.526. The second-order valence-corrected chi connectivity index (χ2v) is 5.67. The maximum atomic E-state index is 4.70. The molecule has 17 heavy (non-hydrogen) atoms. The third-order valence-corrected chi connectivity index (χ3v) is 4.14. The van der Waals surface area contributed by atoms with Gasteiger partial charge in [-0.15, -0.1) is 11.3 Å². The minimum Gasteiger partial charge on any atom is -0.317 e. The van der Waals surface area contributed by atoms with Crippen LogP contribution in [0.1, 0.15) is 37.3 Å². The van der Waals surface area contributed by atoms with Gasteiger partial charge in [-0.1, -0.05) is 26.8 Å². The highest BCUT2D eigenvalue weighted by Gasteiger charge is 2.07. The van der Waals surface area contributed by atoms with Crippen LogP contribution in [0.25, 0.3) is 10.2 Å². The molecular weight excluding hydrogens is 228 g/mol. The second kappa shape index (κ2) is 5.61. The summed E-state index contributed by atoms with van der Waals surface area (Å²) in [5.41, 5.74) is 2.53. The van der Waals surface area contributed by atoms with Crippen molar-refractivity contribution < 1.29 is 0 Å². The Balaban J connectivity index is 2.18. The molecule has 0 saturated carbocycles. The van der Waals surface area contributed by atoms with E-state index in [1.165, 1.54) is 15.3 Å². The number of nitrogens with zero attached hydrogens (tertiary/aromatic N) is 1. The summed E-state index contributed by atoms with van der Waals surface area (Å²) in [6.07, 6.45) is 1.08. The van der Waals surface area contributed by atoms with Crippen LogP contribution in [0.2, 0.25) is 0 Å². The first-order valence-corrected chi connectivity index (χ1v) is 7.12. The maximum absolute atomic E-state index is 4.70. The Hall–Kier alpha value is -0.930. The zero-order valence-corrected chi connectivity index (χ0v) is 11.6. The Morgan fingerprint density at radius 2 is 2.18 bits per heavy atom. The number of benzene rings is 1. The van der Waals surface area contributed by atoms with E-state index in [0.29, 0.717) is 5.92 Å². The summed E-state index contributed by atoms with van der Waals surface area (Å²) in [7, 11) is 0. The molecule has 0 fully saturated rings. The van der Waals surface area contributed by atoms with Crippen molar-refractivity contribution in [2.45, 2.75) is 33.1 Å². The van der Waals surface area contributed by atoms with Crippen molar-refractivity contribution in [2.24, 2.45) is 0 Å². The molecule has 2 rings (SSSR count). The normalized spacial score (nSPS) is 11.5. The van der Waals surface area contributed by atoms with Crippen molar-refractivity contribution >= 4 is 21.6 Å². The van der Waals surface area contributed by atoms with Crippen molar-refractivity contribution in [3.05, 3.63) is 28.8 Å². The fraction of sp³-hybridized carbons (Fsp3) is 0.500. The van der Waals surface area contributed by atoms with Crippen molar-refractivity contribution in [1.29, 1.82) is 0 Å². The molecule has 0 aliphatic heterocycles. The third-order valence-electron chi connectivity index (χ3n) is 2.80. The second-order valence-electron chi connectivity index (χ2n) is 4.61. The zero-order chi connectivity index (χ0) is 12.3. The Bertz CT molecular complexity index is 488. The lowest BCUT2D eigenvalue weighted by Crippen LogP contribution is -2.15. The summed E-state index contributed by atoms with van der Waals surface area (Å²) in [6.45, 7) is 8.62. The molecule has 0 radical (unpaired) electrons. The fourth-order valence-electron chi connectivity index (χ4n) is 1.80. The van der Waals surface area contributed by atoms with E-state index < -0.39 is 0 Å². The van der Waals surface area contributed by atoms with Crippen LogP contribution in [0, 0.1) is 0 Å². The lowest BCUT2D eigenvalue weighted by atomic mass is 10.1. The van der Waals surface area contributed by atoms with Crippen LogP contribution in [0.15, 0.2) is 18.2 Å². The van der Waals surface area contributed by atoms with E-state index in [4.69, 9.17) is 4.98 Å². The molecule has 92 valence electrons. The predicted molar refractivity (Wildman–Crippen MR) is 76.0 cm³/mol. The molecule has 0 bridgehead atoms. The van der Waals surface area contributed by atoms with Crippen LogP contribution in [-0.2, 0) is 6.42 Å². The first-order chi connectivity index (χ1) is 8.20. The predicted octanol–water partition coefficient (Wildman–Crippen LogP) is 3.57. The number of hydrogen-bond donors (Lipinski definition) is 1. The standard InChI is InChI=1S/C14H20N2S/c1-4-15-8-7-11-5-6-13-12(9-11)16-14(17-13)10(2)3/h5-6,9-10,15H,4,7-8H2,1-3H3. The van der Waals surface area contributed by atoms with Gasteiger partial charge in [-0.05, 0) is 37.2 Å². The summed E-state index contributed by atoms with van der Waals surface area (Å²) in [4.78, 5) is 4.70. The summed E-state index contributed by atoms with van der Waals surface area (Å²) in [5, 5.41) is 4.59. The van der Waals surface area contributed by atoms with Crippen LogP contribution in [-0.4, -0.2) is 18.1 Å². The largest absolute Gasteiger partial charge is 0.317 e. The average molecular weight is 248 g/mol. The zero-order valence-electron chi connectivity index (χ0n) is 10.8. The number of thiazole rings is 1. The molecule has 1 heterocycles. The first kappa shape index (κ1) is 12.5. The molecule has 0 spiro atoms. The summed E-state index contributed by atoms with van der Waals surface area (Å²) in [5.74, 6) is 0.526. The first-order valence-electron chi connectivity index (χ1n) is 6.30. The van der Waals surface area contributed by atoms with Crippen LogP contribution < -0.4 is 5.32 Å². The molecule has 1 aromatic carbocycles. The molecule has 2 nitrogen and oxygen atoms in total. The number of aromatic nitrogens is 1. The van der Waals surface area contributed by atoms with Gasteiger partial charge in [0.2, 0.25) is 0 Å². The smallest absolute Gasteiger partial charge is 0.0963 e. The van der Waals surface area contributed by atoms with E-state index in [2.05, 4.69) is 44.3 Å². The van der Waals surface area contributed by atoms with Crippen LogP contribution in [0.4, 0.5) is 0 Å². The summed E-state index contributed by atoms with van der Waals surface area (Å²) in [6, 6.07) is 6.66. The van der Waals surface area contributed by atoms with Gasteiger partial charge in [0.25, 0.3) is 0 Å². The van der Waals surface area contributed by atoms with Crippen molar-refractivity contribution in [2.75, 3.05) is 13.1 Å². The molecule has 0 aliphatic rings. The Labute approximate surface area is 107 Å². The minimum absolute atomic E-state index is 0.526. The van der Waals surface area contributed by atoms with Crippen molar-refractivity contribution in [3.63, 3.8) is 0 Å². The maximum Gasteiger partial charge on any atom is 0.0963 e. The monoisotopic (exact) mass is 248 g/mol. The Kier molecular flexibility index (Phi) is 4.13. The van der Waals surface area contributed by atoms with Gasteiger partial charge < -0.3 is 5.32 Å². The van der Waals surface area contributed by atoms with Gasteiger partial charge in [0.1, 0.15) is 0 Å². The van der Waals surface area contributed by atoms with Gasteiger partial charge >= 0.3 is 0 Å². The molecule has 0 aliphatic carbocycles. The van der Waals surface area contributed by atoms with Gasteiger partial charge in [0, 0.05) is 5.92 Å². The molecular formula is C14H20N2S. The average Bonchev–Trinajstić information content (AvgIpc) is 2.72. The lowest BCUT2D eigenvalue weighted by Gasteiger charge is -2.01. The molecule has 0 atom stereocenters. The van der Waals surface area contributed by atoms with E-state index in [9.17, 15) is 0 Å². The number of likely N-dealkylation sites (N-methyl/N-ethyl adjacent to an activating group) is 1. The quantitative estimate of drug-likeness (QED) is 0.818. The van der Waals surface area contributed by atoms with E-state index in [0.717, 1.165) is 25.0 Å².